The van der Waals surface area contributed by atoms with Crippen LogP contribution in [0, 0.1) is 23.7 Å². The van der Waals surface area contributed by atoms with E-state index in [1.165, 1.54) is 218 Å². The summed E-state index contributed by atoms with van der Waals surface area (Å²) in [5.41, 5.74) is 0. The molecular weight excluding hydrogens is 1320 g/mol. The highest BCUT2D eigenvalue weighted by molar-refractivity contribution is 7.47. The largest absolute Gasteiger partial charge is 0.472 e. The molecule has 101 heavy (non-hydrogen) atoms. The van der Waals surface area contributed by atoms with E-state index >= 15 is 0 Å². The number of aliphatic hydroxyl groups is 1. The number of ether oxygens (including phenoxy) is 4. The van der Waals surface area contributed by atoms with Gasteiger partial charge in [-0.15, -0.1) is 0 Å². The lowest BCUT2D eigenvalue weighted by molar-refractivity contribution is -0.161. The van der Waals surface area contributed by atoms with Crippen molar-refractivity contribution in [1.82, 2.24) is 0 Å². The van der Waals surface area contributed by atoms with Gasteiger partial charge in [0.05, 0.1) is 26.4 Å². The summed E-state index contributed by atoms with van der Waals surface area (Å²) >= 11 is 0. The summed E-state index contributed by atoms with van der Waals surface area (Å²) in [7, 11) is -9.92. The highest BCUT2D eigenvalue weighted by Gasteiger charge is 2.30. The number of aliphatic hydroxyl groups excluding tert-OH is 1. The van der Waals surface area contributed by atoms with Crippen molar-refractivity contribution in [2.24, 2.45) is 23.7 Å². The predicted molar refractivity (Wildman–Crippen MR) is 414 cm³/mol. The maximum atomic E-state index is 13.1. The van der Waals surface area contributed by atoms with E-state index in [0.29, 0.717) is 31.6 Å². The lowest BCUT2D eigenvalue weighted by Gasteiger charge is -2.21. The van der Waals surface area contributed by atoms with Crippen molar-refractivity contribution in [3.8, 4) is 0 Å². The highest BCUT2D eigenvalue weighted by Crippen LogP contribution is 2.45. The topological polar surface area (TPSA) is 237 Å². The number of phosphoric ester groups is 2. The first-order chi connectivity index (χ1) is 48.6. The number of rotatable bonds is 79. The van der Waals surface area contributed by atoms with Crippen LogP contribution in [0.25, 0.3) is 0 Å². The Morgan fingerprint density at radius 3 is 0.703 bits per heavy atom. The normalized spacial score (nSPS) is 14.3. The minimum Gasteiger partial charge on any atom is -0.462 e. The number of unbranched alkanes of at least 4 members (excludes halogenated alkanes) is 44. The molecule has 17 nitrogen and oxygen atoms in total. The van der Waals surface area contributed by atoms with Crippen molar-refractivity contribution >= 4 is 39.5 Å². The third kappa shape index (κ3) is 74.7. The highest BCUT2D eigenvalue weighted by atomic mass is 31.2. The molecule has 0 saturated carbocycles. The second-order valence-electron chi connectivity index (χ2n) is 31.2. The van der Waals surface area contributed by atoms with Crippen molar-refractivity contribution in [3.05, 3.63) is 0 Å². The van der Waals surface area contributed by atoms with Gasteiger partial charge in [0.25, 0.3) is 0 Å². The zero-order valence-electron chi connectivity index (χ0n) is 66.5. The number of phosphoric acid groups is 2. The Balaban J connectivity index is 5.23. The van der Waals surface area contributed by atoms with Crippen LogP contribution in [0.4, 0.5) is 0 Å². The van der Waals surface area contributed by atoms with Crippen LogP contribution in [0.5, 0.6) is 0 Å². The van der Waals surface area contributed by atoms with Gasteiger partial charge in [0, 0.05) is 25.7 Å². The van der Waals surface area contributed by atoms with Gasteiger partial charge in [0.2, 0.25) is 0 Å². The SMILES string of the molecule is CCC(C)CCCCCCCCCCCCCCCCC(=O)O[C@H](COC(=O)CCCCCCCCCCCCCC(C)C)COP(=O)(O)OCC(O)COP(=O)(O)OC[C@@H](COC(=O)CCCCCCCCCC(C)C)OC(=O)CCCCCCCCCCCCCCCCCCC(C)C. The first-order valence-corrected chi connectivity index (χ1v) is 45.2. The van der Waals surface area contributed by atoms with E-state index in [4.69, 9.17) is 37.0 Å². The van der Waals surface area contributed by atoms with E-state index < -0.39 is 97.5 Å². The van der Waals surface area contributed by atoms with E-state index in [0.717, 1.165) is 114 Å². The smallest absolute Gasteiger partial charge is 0.462 e. The zero-order valence-corrected chi connectivity index (χ0v) is 68.3. The van der Waals surface area contributed by atoms with E-state index in [-0.39, 0.29) is 25.7 Å². The number of hydrogen-bond acceptors (Lipinski definition) is 15. The molecule has 0 spiro atoms. The molecule has 6 atom stereocenters. The Morgan fingerprint density at radius 2 is 0.475 bits per heavy atom. The molecule has 0 rings (SSSR count). The molecule has 0 aliphatic heterocycles. The Kier molecular flexibility index (Phi) is 69.6. The van der Waals surface area contributed by atoms with Crippen molar-refractivity contribution in [2.75, 3.05) is 39.6 Å². The molecular formula is C82H160O17P2. The summed E-state index contributed by atoms with van der Waals surface area (Å²) in [4.78, 5) is 73.1. The zero-order chi connectivity index (χ0) is 74.6. The van der Waals surface area contributed by atoms with Crippen LogP contribution < -0.4 is 0 Å². The molecule has 0 aromatic rings. The molecule has 0 amide bonds. The molecule has 0 fully saturated rings. The van der Waals surface area contributed by atoms with Crippen molar-refractivity contribution in [3.63, 3.8) is 0 Å². The van der Waals surface area contributed by atoms with Crippen LogP contribution in [-0.4, -0.2) is 96.7 Å². The number of carbonyl (C=O) groups is 4. The van der Waals surface area contributed by atoms with Gasteiger partial charge in [-0.1, -0.05) is 370 Å². The van der Waals surface area contributed by atoms with Gasteiger partial charge >= 0.3 is 39.5 Å². The molecule has 0 radical (unpaired) electrons. The van der Waals surface area contributed by atoms with Crippen molar-refractivity contribution in [1.29, 1.82) is 0 Å². The molecule has 0 saturated heterocycles. The summed E-state index contributed by atoms with van der Waals surface area (Å²) in [5, 5.41) is 10.6. The lowest BCUT2D eigenvalue weighted by atomic mass is 9.99. The van der Waals surface area contributed by atoms with Crippen molar-refractivity contribution in [2.45, 2.75) is 440 Å². The Morgan fingerprint density at radius 1 is 0.277 bits per heavy atom. The first-order valence-electron chi connectivity index (χ1n) is 42.2. The average molecular weight is 1480 g/mol. The second kappa shape index (κ2) is 71.0. The summed E-state index contributed by atoms with van der Waals surface area (Å²) in [6.45, 7) is 14.3. The van der Waals surface area contributed by atoms with Crippen LogP contribution in [0.1, 0.15) is 421 Å². The minimum absolute atomic E-state index is 0.107. The monoisotopic (exact) mass is 1480 g/mol. The molecule has 19 heteroatoms. The Bertz CT molecular complexity index is 1970. The maximum absolute atomic E-state index is 13.1. The van der Waals surface area contributed by atoms with Crippen LogP contribution in [0.15, 0.2) is 0 Å². The molecule has 0 bridgehead atoms. The Labute approximate surface area is 619 Å². The third-order valence-electron chi connectivity index (χ3n) is 19.4. The lowest BCUT2D eigenvalue weighted by Crippen LogP contribution is -2.30. The fourth-order valence-electron chi connectivity index (χ4n) is 12.6. The average Bonchev–Trinajstić information content (AvgIpc) is 0.914. The van der Waals surface area contributed by atoms with Gasteiger partial charge in [0.1, 0.15) is 19.3 Å². The fraction of sp³-hybridized carbons (Fsp3) is 0.951. The van der Waals surface area contributed by atoms with Gasteiger partial charge < -0.3 is 33.8 Å². The van der Waals surface area contributed by atoms with Gasteiger partial charge in [-0.25, -0.2) is 9.13 Å². The minimum atomic E-state index is -4.96. The van der Waals surface area contributed by atoms with Crippen LogP contribution in [-0.2, 0) is 65.4 Å². The molecule has 4 unspecified atom stereocenters. The Hall–Kier alpha value is -1.94. The molecule has 0 heterocycles. The van der Waals surface area contributed by atoms with Crippen molar-refractivity contribution < 1.29 is 80.2 Å². The predicted octanol–water partition coefficient (Wildman–Crippen LogP) is 24.4. The van der Waals surface area contributed by atoms with Crippen LogP contribution in [0.3, 0.4) is 0 Å². The van der Waals surface area contributed by atoms with E-state index in [9.17, 15) is 43.2 Å². The van der Waals surface area contributed by atoms with Gasteiger partial charge in [0.15, 0.2) is 12.2 Å². The first kappa shape index (κ1) is 99.1. The molecule has 0 aliphatic rings. The third-order valence-corrected chi connectivity index (χ3v) is 21.3. The van der Waals surface area contributed by atoms with E-state index in [2.05, 4.69) is 55.4 Å². The van der Waals surface area contributed by atoms with Crippen LogP contribution >= 0.6 is 15.6 Å². The maximum Gasteiger partial charge on any atom is 0.472 e. The van der Waals surface area contributed by atoms with Gasteiger partial charge in [-0.2, -0.15) is 0 Å². The van der Waals surface area contributed by atoms with Gasteiger partial charge in [-0.05, 0) is 49.4 Å². The quantitative estimate of drug-likeness (QED) is 0.0222. The molecule has 3 N–H and O–H groups in total. The number of hydrogen-bond donors (Lipinski definition) is 3. The number of esters is 4. The summed E-state index contributed by atoms with van der Waals surface area (Å²) in [6, 6.07) is 0. The summed E-state index contributed by atoms with van der Waals surface area (Å²) < 4.78 is 68.7. The fourth-order valence-corrected chi connectivity index (χ4v) is 14.2. The summed E-state index contributed by atoms with van der Waals surface area (Å²) in [6.07, 6.45) is 58.3. The molecule has 0 aromatic heterocycles. The molecule has 600 valence electrons. The van der Waals surface area contributed by atoms with Gasteiger partial charge in [-0.3, -0.25) is 37.3 Å². The van der Waals surface area contributed by atoms with E-state index in [1.807, 2.05) is 0 Å². The number of carbonyl (C=O) groups excluding carboxylic acids is 4. The summed E-state index contributed by atoms with van der Waals surface area (Å²) in [5.74, 6) is 1.02. The van der Waals surface area contributed by atoms with E-state index in [1.54, 1.807) is 0 Å². The molecule has 0 aliphatic carbocycles. The van der Waals surface area contributed by atoms with Crippen LogP contribution in [0.2, 0.25) is 0 Å². The second-order valence-corrected chi connectivity index (χ2v) is 34.1. The molecule has 0 aromatic carbocycles. The standard InChI is InChI=1S/C82H160O17P2/c1-9-75(8)61-53-45-37-29-23-17-14-15-19-25-32-40-49-57-65-81(86)98-77(68-92-79(84)62-54-46-38-30-26-20-22-28-35-43-51-59-73(4)5)70-96-100(88,89)94-66-76(83)67-95-101(90,91)97-71-78(69-93-80(85)63-55-47-41-33-36-44-52-60-74(6)7)99-82(87)64-56-48-39-31-24-18-13-11-10-12-16-21-27-34-42-50-58-72(2)3/h72-78,83H,9-71H2,1-8H3,(H,88,89)(H,90,91)/t75?,76?,77-,78-/m1/s1.